The molecule has 1 aliphatic carbocycles. The highest BCUT2D eigenvalue weighted by Gasteiger charge is 2.31. The third-order valence-electron chi connectivity index (χ3n) is 6.69. The molecule has 41 heavy (non-hydrogen) atoms. The Hall–Kier alpha value is -3.25. The SMILES string of the molecule is CNC(=O)c1c2cc(C3CC3)c(N(CCCC(=O)OCOC(=O)C(C)(C)C)S(C)=O)cc2nn1-c1ccc(Br)cc1. The number of ether oxygens (including phenoxy) is 2. The minimum absolute atomic E-state index is 0.0702. The number of amides is 1. The van der Waals surface area contributed by atoms with Crippen molar-refractivity contribution in [2.45, 2.75) is 52.4 Å². The molecule has 4 rings (SSSR count). The number of nitrogens with zero attached hydrogens (tertiary/aromatic N) is 3. The van der Waals surface area contributed by atoms with Gasteiger partial charge in [0.25, 0.3) is 5.91 Å². The second-order valence-corrected chi connectivity index (χ2v) is 13.2. The van der Waals surface area contributed by atoms with Crippen LogP contribution >= 0.6 is 15.9 Å². The molecule has 1 fully saturated rings. The fraction of sp³-hybridized carbons (Fsp3) is 0.448. The summed E-state index contributed by atoms with van der Waals surface area (Å²) in [5.41, 5.74) is 2.86. The number of carbonyl (C=O) groups is 3. The van der Waals surface area contributed by atoms with Crippen molar-refractivity contribution in [2.75, 3.05) is 30.9 Å². The molecule has 220 valence electrons. The Morgan fingerprint density at radius 2 is 1.83 bits per heavy atom. The van der Waals surface area contributed by atoms with Crippen LogP contribution in [-0.2, 0) is 30.0 Å². The molecule has 1 aromatic heterocycles. The highest BCUT2D eigenvalue weighted by Crippen LogP contribution is 2.46. The summed E-state index contributed by atoms with van der Waals surface area (Å²) in [6.45, 7) is 5.05. The zero-order valence-corrected chi connectivity index (χ0v) is 26.3. The lowest BCUT2D eigenvalue weighted by atomic mass is 9.98. The molecule has 1 aliphatic rings. The van der Waals surface area contributed by atoms with Gasteiger partial charge in [-0.05, 0) is 87.9 Å². The molecule has 1 atom stereocenters. The molecule has 3 aromatic rings. The first-order valence-corrected chi connectivity index (χ1v) is 15.7. The zero-order chi connectivity index (χ0) is 29.9. The largest absolute Gasteiger partial charge is 0.428 e. The smallest absolute Gasteiger partial charge is 0.314 e. The summed E-state index contributed by atoms with van der Waals surface area (Å²) < 4.78 is 27.3. The number of rotatable bonds is 11. The van der Waals surface area contributed by atoms with Crippen LogP contribution < -0.4 is 9.62 Å². The second kappa shape index (κ2) is 12.7. The van der Waals surface area contributed by atoms with E-state index in [0.29, 0.717) is 29.6 Å². The average molecular weight is 648 g/mol. The first-order valence-electron chi connectivity index (χ1n) is 13.4. The van der Waals surface area contributed by atoms with Crippen LogP contribution in [0.2, 0.25) is 0 Å². The van der Waals surface area contributed by atoms with Gasteiger partial charge in [0.1, 0.15) is 16.7 Å². The lowest BCUT2D eigenvalue weighted by Crippen LogP contribution is -2.28. The fourth-order valence-electron chi connectivity index (χ4n) is 4.37. The number of hydrogen-bond acceptors (Lipinski definition) is 7. The fourth-order valence-corrected chi connectivity index (χ4v) is 5.46. The molecule has 1 amide bonds. The summed E-state index contributed by atoms with van der Waals surface area (Å²) >= 11 is 3.45. The van der Waals surface area contributed by atoms with Crippen LogP contribution in [0.15, 0.2) is 40.9 Å². The Morgan fingerprint density at radius 3 is 2.41 bits per heavy atom. The van der Waals surface area contributed by atoms with Gasteiger partial charge in [0.05, 0.1) is 22.3 Å². The Kier molecular flexibility index (Phi) is 9.53. The highest BCUT2D eigenvalue weighted by atomic mass is 79.9. The number of halogens is 1. The van der Waals surface area contributed by atoms with Gasteiger partial charge < -0.3 is 14.8 Å². The third-order valence-corrected chi connectivity index (χ3v) is 8.22. The predicted octanol–water partition coefficient (Wildman–Crippen LogP) is 5.00. The monoisotopic (exact) mass is 646 g/mol. The van der Waals surface area contributed by atoms with Gasteiger partial charge in [-0.2, -0.15) is 5.10 Å². The van der Waals surface area contributed by atoms with Crippen molar-refractivity contribution < 1.29 is 28.1 Å². The van der Waals surface area contributed by atoms with E-state index in [1.54, 1.807) is 43.1 Å². The van der Waals surface area contributed by atoms with Crippen LogP contribution in [0.1, 0.15) is 68.4 Å². The average Bonchev–Trinajstić information content (AvgIpc) is 3.70. The van der Waals surface area contributed by atoms with Crippen molar-refractivity contribution in [1.82, 2.24) is 15.1 Å². The molecule has 0 spiro atoms. The maximum atomic E-state index is 13.0. The van der Waals surface area contributed by atoms with E-state index >= 15 is 0 Å². The number of esters is 2. The number of benzene rings is 2. The molecule has 1 saturated carbocycles. The van der Waals surface area contributed by atoms with Gasteiger partial charge >= 0.3 is 11.9 Å². The Morgan fingerprint density at radius 1 is 1.15 bits per heavy atom. The van der Waals surface area contributed by atoms with E-state index < -0.39 is 35.1 Å². The van der Waals surface area contributed by atoms with Crippen LogP contribution in [0.4, 0.5) is 5.69 Å². The van der Waals surface area contributed by atoms with Gasteiger partial charge in [0.2, 0.25) is 6.79 Å². The van der Waals surface area contributed by atoms with E-state index in [1.807, 2.05) is 36.4 Å². The van der Waals surface area contributed by atoms with Crippen LogP contribution in [0.25, 0.3) is 16.6 Å². The van der Waals surface area contributed by atoms with Gasteiger partial charge in [-0.1, -0.05) is 15.9 Å². The molecule has 0 saturated heterocycles. The lowest BCUT2D eigenvalue weighted by molar-refractivity contribution is -0.173. The van der Waals surface area contributed by atoms with Crippen molar-refractivity contribution >= 4 is 61.4 Å². The van der Waals surface area contributed by atoms with Crippen molar-refractivity contribution in [2.24, 2.45) is 5.41 Å². The van der Waals surface area contributed by atoms with E-state index in [0.717, 1.165) is 34.3 Å². The van der Waals surface area contributed by atoms with Crippen molar-refractivity contribution in [1.29, 1.82) is 0 Å². The van der Waals surface area contributed by atoms with Gasteiger partial charge in [-0.3, -0.25) is 18.7 Å². The molecule has 1 N–H and O–H groups in total. The van der Waals surface area contributed by atoms with E-state index in [2.05, 4.69) is 21.2 Å². The molecule has 0 bridgehead atoms. The van der Waals surface area contributed by atoms with Crippen LogP contribution in [0.3, 0.4) is 0 Å². The molecule has 2 aromatic carbocycles. The number of hydrogen-bond donors (Lipinski definition) is 1. The van der Waals surface area contributed by atoms with E-state index in [1.165, 1.54) is 0 Å². The third kappa shape index (κ3) is 7.34. The number of anilines is 1. The molecule has 1 heterocycles. The van der Waals surface area contributed by atoms with Crippen LogP contribution in [0.5, 0.6) is 0 Å². The van der Waals surface area contributed by atoms with Crippen molar-refractivity contribution in [3.05, 3.63) is 52.1 Å². The van der Waals surface area contributed by atoms with E-state index in [-0.39, 0.29) is 18.2 Å². The molecule has 0 radical (unpaired) electrons. The van der Waals surface area contributed by atoms with Gasteiger partial charge in [-0.15, -0.1) is 0 Å². The van der Waals surface area contributed by atoms with Gasteiger partial charge in [-0.25, -0.2) is 8.89 Å². The molecule has 0 aliphatic heterocycles. The maximum absolute atomic E-state index is 13.0. The lowest BCUT2D eigenvalue weighted by Gasteiger charge is -2.24. The Labute approximate surface area is 250 Å². The van der Waals surface area contributed by atoms with Crippen molar-refractivity contribution in [3.63, 3.8) is 0 Å². The normalized spacial score (nSPS) is 14.0. The summed E-state index contributed by atoms with van der Waals surface area (Å²) in [4.78, 5) is 37.1. The molecule has 10 nitrogen and oxygen atoms in total. The Balaban J connectivity index is 1.58. The molecule has 12 heteroatoms. The van der Waals surface area contributed by atoms with Crippen molar-refractivity contribution in [3.8, 4) is 5.69 Å². The predicted molar refractivity (Wildman–Crippen MR) is 161 cm³/mol. The number of nitrogens with one attached hydrogen (secondary N) is 1. The van der Waals surface area contributed by atoms with Crippen LogP contribution in [0, 0.1) is 5.41 Å². The Bertz CT molecular complexity index is 1480. The summed E-state index contributed by atoms with van der Waals surface area (Å²) in [5, 5.41) is 8.22. The first-order chi connectivity index (χ1) is 19.4. The summed E-state index contributed by atoms with van der Waals surface area (Å²) in [7, 11) is 0.201. The van der Waals surface area contributed by atoms with Crippen LogP contribution in [-0.4, -0.2) is 58.5 Å². The van der Waals surface area contributed by atoms with Gasteiger partial charge in [0.15, 0.2) is 0 Å². The van der Waals surface area contributed by atoms with E-state index in [9.17, 15) is 18.6 Å². The summed E-state index contributed by atoms with van der Waals surface area (Å²) in [5.74, 6) is -0.929. The maximum Gasteiger partial charge on any atom is 0.314 e. The minimum Gasteiger partial charge on any atom is -0.428 e. The standard InChI is InChI=1S/C29H35BrN4O6S/c1-29(2,3)28(37)40-17-39-25(35)7-6-14-33(41(5)38)24-16-23-22(15-21(24)18-8-9-18)26(27(36)31-4)34(32-23)20-12-10-19(30)11-13-20/h10-13,15-16,18H,6-9,14,17H2,1-5H3,(H,31,36). The molecule has 1 unspecified atom stereocenters. The quantitative estimate of drug-likeness (QED) is 0.230. The number of carbonyl (C=O) groups excluding carboxylic acids is 3. The molecular formula is C29H35BrN4O6S. The number of fused-ring (bicyclic) bond motifs is 1. The van der Waals surface area contributed by atoms with Gasteiger partial charge in [0, 0.05) is 36.1 Å². The summed E-state index contributed by atoms with van der Waals surface area (Å²) in [6, 6.07) is 11.4. The highest BCUT2D eigenvalue weighted by molar-refractivity contribution is 9.10. The molecular weight excluding hydrogens is 612 g/mol. The minimum atomic E-state index is -1.39. The second-order valence-electron chi connectivity index (χ2n) is 11.0. The summed E-state index contributed by atoms with van der Waals surface area (Å²) in [6.07, 6.45) is 4.05. The topological polar surface area (TPSA) is 120 Å². The first kappa shape index (κ1) is 30.7. The zero-order valence-electron chi connectivity index (χ0n) is 23.9. The number of aromatic nitrogens is 2. The van der Waals surface area contributed by atoms with E-state index in [4.69, 9.17) is 14.6 Å².